The first-order valence-corrected chi connectivity index (χ1v) is 9.39. The predicted molar refractivity (Wildman–Crippen MR) is 103 cm³/mol. The molecule has 1 amide bonds. The van der Waals surface area contributed by atoms with Gasteiger partial charge >= 0.3 is 0 Å². The second-order valence-corrected chi connectivity index (χ2v) is 7.46. The lowest BCUT2D eigenvalue weighted by molar-refractivity contribution is 0.0594. The number of hydrogen-bond acceptors (Lipinski definition) is 5. The van der Waals surface area contributed by atoms with Gasteiger partial charge in [0, 0.05) is 67.2 Å². The molecular formula is C21H19N5O2. The zero-order valence-corrected chi connectivity index (χ0v) is 15.2. The van der Waals surface area contributed by atoms with Gasteiger partial charge in [0.25, 0.3) is 11.5 Å². The number of pyridine rings is 2. The van der Waals surface area contributed by atoms with Crippen molar-refractivity contribution in [2.45, 2.75) is 18.9 Å². The Morgan fingerprint density at radius 1 is 0.964 bits per heavy atom. The van der Waals surface area contributed by atoms with Gasteiger partial charge in [0.15, 0.2) is 0 Å². The average molecular weight is 373 g/mol. The molecule has 0 spiro atoms. The summed E-state index contributed by atoms with van der Waals surface area (Å²) in [5.74, 6) is 0.482. The smallest absolute Gasteiger partial charge is 0.258 e. The van der Waals surface area contributed by atoms with Crippen molar-refractivity contribution in [2.75, 3.05) is 13.1 Å². The predicted octanol–water partition coefficient (Wildman–Crippen LogP) is 1.96. The Kier molecular flexibility index (Phi) is 4.00. The number of carbonyl (C=O) groups is 1. The molecular weight excluding hydrogens is 354 g/mol. The lowest BCUT2D eigenvalue weighted by atomic mass is 9.82. The van der Waals surface area contributed by atoms with Crippen molar-refractivity contribution in [1.29, 1.82) is 0 Å². The van der Waals surface area contributed by atoms with Crippen molar-refractivity contribution in [3.63, 3.8) is 0 Å². The zero-order chi connectivity index (χ0) is 19.1. The first-order valence-electron chi connectivity index (χ1n) is 9.39. The molecule has 0 radical (unpaired) electrons. The van der Waals surface area contributed by atoms with Crippen LogP contribution in [0.15, 0.2) is 60.2 Å². The first kappa shape index (κ1) is 16.8. The summed E-state index contributed by atoms with van der Waals surface area (Å²) < 4.78 is 1.88. The minimum atomic E-state index is -0.00379. The Morgan fingerprint density at radius 2 is 1.75 bits per heavy atom. The van der Waals surface area contributed by atoms with Gasteiger partial charge in [0.1, 0.15) is 6.33 Å². The fourth-order valence-electron chi connectivity index (χ4n) is 4.45. The molecule has 0 aliphatic carbocycles. The quantitative estimate of drug-likeness (QED) is 0.686. The van der Waals surface area contributed by atoms with Crippen LogP contribution in [0.3, 0.4) is 0 Å². The highest BCUT2D eigenvalue weighted by molar-refractivity contribution is 5.94. The van der Waals surface area contributed by atoms with Crippen molar-refractivity contribution in [2.24, 2.45) is 5.92 Å². The van der Waals surface area contributed by atoms with E-state index in [0.717, 1.165) is 17.7 Å². The van der Waals surface area contributed by atoms with Crippen LogP contribution in [0.25, 0.3) is 11.1 Å². The molecule has 2 atom stereocenters. The van der Waals surface area contributed by atoms with Crippen LogP contribution in [0, 0.1) is 5.92 Å². The molecule has 3 aromatic rings. The SMILES string of the molecule is O=C(c1ccncc1)N1C[C@H]2C[C@H](C1)c1ccc(-c3cncnc3)c(=O)n1C2. The van der Waals surface area contributed by atoms with Crippen LogP contribution in [-0.2, 0) is 6.54 Å². The van der Waals surface area contributed by atoms with Gasteiger partial charge in [0.05, 0.1) is 5.56 Å². The van der Waals surface area contributed by atoms with Crippen LogP contribution >= 0.6 is 0 Å². The van der Waals surface area contributed by atoms with Crippen LogP contribution in [0.4, 0.5) is 0 Å². The molecule has 0 unspecified atom stereocenters. The van der Waals surface area contributed by atoms with Gasteiger partial charge in [-0.05, 0) is 36.6 Å². The van der Waals surface area contributed by atoms with Crippen molar-refractivity contribution >= 4 is 5.91 Å². The number of amides is 1. The fourth-order valence-corrected chi connectivity index (χ4v) is 4.45. The Hall–Kier alpha value is -3.35. The maximum Gasteiger partial charge on any atom is 0.258 e. The fraction of sp³-hybridized carbons (Fsp3) is 0.286. The average Bonchev–Trinajstić information content (AvgIpc) is 2.75. The van der Waals surface area contributed by atoms with E-state index in [2.05, 4.69) is 15.0 Å². The van der Waals surface area contributed by atoms with Crippen molar-refractivity contribution in [3.05, 3.63) is 77.0 Å². The number of aromatic nitrogens is 4. The monoisotopic (exact) mass is 373 g/mol. The van der Waals surface area contributed by atoms with E-state index in [1.807, 2.05) is 21.6 Å². The minimum Gasteiger partial charge on any atom is -0.338 e. The summed E-state index contributed by atoms with van der Waals surface area (Å²) in [4.78, 5) is 39.9. The third-order valence-electron chi connectivity index (χ3n) is 5.69. The number of nitrogens with zero attached hydrogens (tertiary/aromatic N) is 5. The summed E-state index contributed by atoms with van der Waals surface area (Å²) in [5.41, 5.74) is 3.01. The standard InChI is InChI=1S/C21H19N5O2/c27-20(15-3-5-22-6-4-15)25-10-14-7-16(12-25)19-2-1-18(21(28)26(19)11-14)17-8-23-13-24-9-17/h1-6,8-9,13-14,16H,7,10-12H2/t14-,16-/m1/s1. The van der Waals surface area contributed by atoms with Crippen molar-refractivity contribution < 1.29 is 4.79 Å². The molecule has 7 nitrogen and oxygen atoms in total. The number of carbonyl (C=O) groups excluding carboxylic acids is 1. The van der Waals surface area contributed by atoms with E-state index < -0.39 is 0 Å². The maximum atomic E-state index is 13.1. The lowest BCUT2D eigenvalue weighted by Crippen LogP contribution is -2.49. The number of likely N-dealkylation sites (tertiary alicyclic amines) is 1. The van der Waals surface area contributed by atoms with Gasteiger partial charge in [-0.3, -0.25) is 14.6 Å². The second kappa shape index (κ2) is 6.67. The Labute approximate surface area is 161 Å². The molecule has 5 heterocycles. The van der Waals surface area contributed by atoms with Gasteiger partial charge in [-0.1, -0.05) is 0 Å². The first-order chi connectivity index (χ1) is 13.7. The lowest BCUT2D eigenvalue weighted by Gasteiger charge is -2.43. The van der Waals surface area contributed by atoms with Gasteiger partial charge < -0.3 is 9.47 Å². The molecule has 0 N–H and O–H groups in total. The summed E-state index contributed by atoms with van der Waals surface area (Å²) in [6.45, 7) is 1.93. The topological polar surface area (TPSA) is 81.0 Å². The summed E-state index contributed by atoms with van der Waals surface area (Å²) >= 11 is 0. The largest absolute Gasteiger partial charge is 0.338 e. The Morgan fingerprint density at radius 3 is 2.54 bits per heavy atom. The molecule has 3 aromatic heterocycles. The molecule has 2 aliphatic rings. The normalized spacial score (nSPS) is 20.5. The molecule has 0 aromatic carbocycles. The van der Waals surface area contributed by atoms with Gasteiger partial charge in [-0.2, -0.15) is 0 Å². The molecule has 1 saturated heterocycles. The van der Waals surface area contributed by atoms with Crippen LogP contribution in [0.1, 0.15) is 28.4 Å². The third-order valence-corrected chi connectivity index (χ3v) is 5.69. The minimum absolute atomic E-state index is 0.00379. The third kappa shape index (κ3) is 2.79. The van der Waals surface area contributed by atoms with Crippen LogP contribution in [0.5, 0.6) is 0 Å². The summed E-state index contributed by atoms with van der Waals surface area (Å²) in [7, 11) is 0. The maximum absolute atomic E-state index is 13.1. The molecule has 7 heteroatoms. The summed E-state index contributed by atoms with van der Waals surface area (Å²) in [6.07, 6.45) is 9.07. The van der Waals surface area contributed by atoms with E-state index >= 15 is 0 Å². The number of hydrogen-bond donors (Lipinski definition) is 0. The van der Waals surface area contributed by atoms with Crippen molar-refractivity contribution in [1.82, 2.24) is 24.4 Å². The van der Waals surface area contributed by atoms with E-state index in [-0.39, 0.29) is 23.3 Å². The molecule has 28 heavy (non-hydrogen) atoms. The second-order valence-electron chi connectivity index (χ2n) is 7.46. The Balaban J connectivity index is 1.47. The van der Waals surface area contributed by atoms with Crippen LogP contribution in [-0.4, -0.2) is 43.4 Å². The molecule has 5 rings (SSSR count). The number of piperidine rings is 1. The highest BCUT2D eigenvalue weighted by Crippen LogP contribution is 2.36. The van der Waals surface area contributed by atoms with E-state index in [1.165, 1.54) is 6.33 Å². The summed E-state index contributed by atoms with van der Waals surface area (Å²) in [6, 6.07) is 7.38. The van der Waals surface area contributed by atoms with E-state index in [1.54, 1.807) is 36.9 Å². The molecule has 1 fully saturated rings. The zero-order valence-electron chi connectivity index (χ0n) is 15.2. The Bertz CT molecular complexity index is 1080. The van der Waals surface area contributed by atoms with Gasteiger partial charge in [0.2, 0.25) is 0 Å². The van der Waals surface area contributed by atoms with Gasteiger partial charge in [-0.25, -0.2) is 9.97 Å². The highest BCUT2D eigenvalue weighted by Gasteiger charge is 2.36. The van der Waals surface area contributed by atoms with Crippen LogP contribution in [0.2, 0.25) is 0 Å². The van der Waals surface area contributed by atoms with E-state index in [0.29, 0.717) is 30.8 Å². The molecule has 0 saturated carbocycles. The number of fused-ring (bicyclic) bond motifs is 4. The molecule has 2 aliphatic heterocycles. The molecule has 2 bridgehead atoms. The van der Waals surface area contributed by atoms with E-state index in [9.17, 15) is 9.59 Å². The van der Waals surface area contributed by atoms with Gasteiger partial charge in [-0.15, -0.1) is 0 Å². The summed E-state index contributed by atoms with van der Waals surface area (Å²) in [5, 5.41) is 0. The van der Waals surface area contributed by atoms with Crippen molar-refractivity contribution in [3.8, 4) is 11.1 Å². The number of rotatable bonds is 2. The molecule has 140 valence electrons. The highest BCUT2D eigenvalue weighted by atomic mass is 16.2. The van der Waals surface area contributed by atoms with E-state index in [4.69, 9.17) is 0 Å². The van der Waals surface area contributed by atoms with Crippen LogP contribution < -0.4 is 5.56 Å².